The Balaban J connectivity index is 1.86. The minimum Gasteiger partial charge on any atom is -0.497 e. The van der Waals surface area contributed by atoms with Gasteiger partial charge in [-0.2, -0.15) is 4.98 Å². The maximum Gasteiger partial charge on any atom is 0.332 e. The summed E-state index contributed by atoms with van der Waals surface area (Å²) in [5.41, 5.74) is 0.0251. The molecule has 4 rings (SSSR count). The first kappa shape index (κ1) is 19.9. The number of methoxy groups -OCH3 is 1. The van der Waals surface area contributed by atoms with Gasteiger partial charge in [0.2, 0.25) is 5.95 Å². The van der Waals surface area contributed by atoms with E-state index in [1.165, 1.54) is 11.6 Å². The molecule has 1 saturated heterocycles. The average molecular weight is 413 g/mol. The van der Waals surface area contributed by atoms with Crippen molar-refractivity contribution in [1.82, 2.24) is 18.7 Å². The van der Waals surface area contributed by atoms with Gasteiger partial charge < -0.3 is 14.4 Å². The molecule has 0 atom stereocenters. The van der Waals surface area contributed by atoms with Gasteiger partial charge in [-0.05, 0) is 24.3 Å². The number of morpholine rings is 1. The number of carbonyl (C=O) groups is 1. The lowest BCUT2D eigenvalue weighted by Gasteiger charge is -2.28. The van der Waals surface area contributed by atoms with Gasteiger partial charge in [-0.3, -0.25) is 23.3 Å². The van der Waals surface area contributed by atoms with E-state index in [-0.39, 0.29) is 23.5 Å². The Morgan fingerprint density at radius 3 is 2.40 bits per heavy atom. The first-order valence-corrected chi connectivity index (χ1v) is 9.58. The van der Waals surface area contributed by atoms with Crippen LogP contribution in [-0.4, -0.2) is 57.9 Å². The molecule has 0 aliphatic carbocycles. The lowest BCUT2D eigenvalue weighted by atomic mass is 10.1. The number of aryl methyl sites for hydroxylation is 1. The van der Waals surface area contributed by atoms with Gasteiger partial charge in [0.1, 0.15) is 5.75 Å². The molecule has 1 fully saturated rings. The third kappa shape index (κ3) is 3.28. The van der Waals surface area contributed by atoms with Crippen LogP contribution in [-0.2, 0) is 25.4 Å². The van der Waals surface area contributed by atoms with Crippen molar-refractivity contribution < 1.29 is 14.3 Å². The number of ether oxygens (including phenoxy) is 2. The SMILES string of the molecule is COc1ccc(C(=O)Cn2c(N3CCOCC3)nc3c2c(=O)n(C)c(=O)n3C)cc1. The van der Waals surface area contributed by atoms with Crippen LogP contribution in [0.5, 0.6) is 5.75 Å². The van der Waals surface area contributed by atoms with Gasteiger partial charge in [0, 0.05) is 32.7 Å². The summed E-state index contributed by atoms with van der Waals surface area (Å²) < 4.78 is 14.5. The Bertz CT molecular complexity index is 1220. The molecule has 10 heteroatoms. The Kier molecular flexibility index (Phi) is 5.17. The second-order valence-electron chi connectivity index (χ2n) is 7.13. The fraction of sp³-hybridized carbons (Fsp3) is 0.400. The first-order valence-electron chi connectivity index (χ1n) is 9.58. The highest BCUT2D eigenvalue weighted by molar-refractivity contribution is 5.97. The van der Waals surface area contributed by atoms with Crippen molar-refractivity contribution in [3.05, 3.63) is 50.7 Å². The van der Waals surface area contributed by atoms with Crippen molar-refractivity contribution in [2.45, 2.75) is 6.54 Å². The highest BCUT2D eigenvalue weighted by atomic mass is 16.5. The van der Waals surface area contributed by atoms with E-state index in [0.29, 0.717) is 43.6 Å². The third-order valence-corrected chi connectivity index (χ3v) is 5.34. The van der Waals surface area contributed by atoms with Crippen molar-refractivity contribution in [2.75, 3.05) is 38.3 Å². The van der Waals surface area contributed by atoms with E-state index in [9.17, 15) is 14.4 Å². The fourth-order valence-electron chi connectivity index (χ4n) is 3.60. The van der Waals surface area contributed by atoms with Crippen LogP contribution in [0.3, 0.4) is 0 Å². The van der Waals surface area contributed by atoms with Crippen LogP contribution in [0.4, 0.5) is 5.95 Å². The molecule has 1 aromatic carbocycles. The smallest absolute Gasteiger partial charge is 0.332 e. The Hall–Kier alpha value is -3.40. The molecular formula is C20H23N5O5. The van der Waals surface area contributed by atoms with Gasteiger partial charge in [-0.15, -0.1) is 0 Å². The summed E-state index contributed by atoms with van der Waals surface area (Å²) >= 11 is 0. The topological polar surface area (TPSA) is 101 Å². The summed E-state index contributed by atoms with van der Waals surface area (Å²) in [5, 5.41) is 0. The monoisotopic (exact) mass is 413 g/mol. The van der Waals surface area contributed by atoms with Crippen LogP contribution in [0.2, 0.25) is 0 Å². The van der Waals surface area contributed by atoms with Crippen molar-refractivity contribution in [3.63, 3.8) is 0 Å². The number of hydrogen-bond donors (Lipinski definition) is 0. The van der Waals surface area contributed by atoms with Crippen LogP contribution >= 0.6 is 0 Å². The van der Waals surface area contributed by atoms with Crippen molar-refractivity contribution in [2.24, 2.45) is 14.1 Å². The summed E-state index contributed by atoms with van der Waals surface area (Å²) in [4.78, 5) is 44.9. The zero-order valence-electron chi connectivity index (χ0n) is 17.1. The molecule has 0 bridgehead atoms. The minimum absolute atomic E-state index is 0.0804. The van der Waals surface area contributed by atoms with Gasteiger partial charge in [0.25, 0.3) is 5.56 Å². The van der Waals surface area contributed by atoms with Gasteiger partial charge in [-0.1, -0.05) is 0 Å². The molecule has 0 unspecified atom stereocenters. The van der Waals surface area contributed by atoms with Crippen LogP contribution in [0.25, 0.3) is 11.2 Å². The van der Waals surface area contributed by atoms with Crippen LogP contribution in [0.15, 0.2) is 33.9 Å². The largest absolute Gasteiger partial charge is 0.497 e. The lowest BCUT2D eigenvalue weighted by Crippen LogP contribution is -2.39. The van der Waals surface area contributed by atoms with Gasteiger partial charge in [0.15, 0.2) is 16.9 Å². The second-order valence-corrected chi connectivity index (χ2v) is 7.13. The molecule has 30 heavy (non-hydrogen) atoms. The van der Waals surface area contributed by atoms with Crippen LogP contribution < -0.4 is 20.9 Å². The molecular weight excluding hydrogens is 390 g/mol. The van der Waals surface area contributed by atoms with E-state index in [0.717, 1.165) is 4.57 Å². The standard InChI is InChI=1S/C20H23N5O5/c1-22-17-16(18(27)23(2)20(22)28)25(19(21-17)24-8-10-30-11-9-24)12-15(26)13-4-6-14(29-3)7-5-13/h4-7H,8-12H2,1-3H3. The third-order valence-electron chi connectivity index (χ3n) is 5.34. The van der Waals surface area contributed by atoms with Gasteiger partial charge in [0.05, 0.1) is 26.9 Å². The molecule has 3 aromatic rings. The molecule has 0 amide bonds. The van der Waals surface area contributed by atoms with E-state index in [4.69, 9.17) is 9.47 Å². The van der Waals surface area contributed by atoms with E-state index < -0.39 is 11.2 Å². The molecule has 3 heterocycles. The molecule has 158 valence electrons. The van der Waals surface area contributed by atoms with E-state index >= 15 is 0 Å². The maximum absolute atomic E-state index is 13.0. The van der Waals surface area contributed by atoms with Crippen molar-refractivity contribution in [3.8, 4) is 5.75 Å². The summed E-state index contributed by atoms with van der Waals surface area (Å²) in [6.07, 6.45) is 0. The number of ketones is 1. The number of hydrogen-bond acceptors (Lipinski definition) is 7. The van der Waals surface area contributed by atoms with E-state index in [2.05, 4.69) is 4.98 Å². The van der Waals surface area contributed by atoms with Crippen LogP contribution in [0, 0.1) is 0 Å². The van der Waals surface area contributed by atoms with Gasteiger partial charge in [-0.25, -0.2) is 4.79 Å². The lowest BCUT2D eigenvalue weighted by molar-refractivity contribution is 0.0972. The highest BCUT2D eigenvalue weighted by Gasteiger charge is 2.25. The molecule has 1 aliphatic heterocycles. The minimum atomic E-state index is -0.484. The summed E-state index contributed by atoms with van der Waals surface area (Å²) in [7, 11) is 4.54. The zero-order chi connectivity index (χ0) is 21.4. The number of Topliss-reactive ketones (excluding diaryl/α,β-unsaturated/α-hetero) is 1. The number of aromatic nitrogens is 4. The molecule has 0 spiro atoms. The zero-order valence-corrected chi connectivity index (χ0v) is 17.1. The van der Waals surface area contributed by atoms with Crippen molar-refractivity contribution in [1.29, 1.82) is 0 Å². The average Bonchev–Trinajstić information content (AvgIpc) is 3.16. The van der Waals surface area contributed by atoms with Crippen molar-refractivity contribution >= 4 is 22.9 Å². The van der Waals surface area contributed by atoms with Crippen LogP contribution in [0.1, 0.15) is 10.4 Å². The number of fused-ring (bicyclic) bond motifs is 1. The number of rotatable bonds is 5. The quantitative estimate of drug-likeness (QED) is 0.550. The number of carbonyl (C=O) groups excluding carboxylic acids is 1. The second kappa shape index (κ2) is 7.79. The normalized spacial score (nSPS) is 14.3. The van der Waals surface area contributed by atoms with Gasteiger partial charge >= 0.3 is 5.69 Å². The summed E-state index contributed by atoms with van der Waals surface area (Å²) in [5.74, 6) is 0.952. The highest BCUT2D eigenvalue weighted by Crippen LogP contribution is 2.22. The molecule has 1 aliphatic rings. The molecule has 0 radical (unpaired) electrons. The Labute approximate surface area is 171 Å². The van der Waals surface area contributed by atoms with E-state index in [1.807, 2.05) is 4.90 Å². The molecule has 0 N–H and O–H groups in total. The summed E-state index contributed by atoms with van der Waals surface area (Å²) in [6, 6.07) is 6.79. The number of benzene rings is 1. The Morgan fingerprint density at radius 1 is 1.10 bits per heavy atom. The fourth-order valence-corrected chi connectivity index (χ4v) is 3.60. The predicted molar refractivity (Wildman–Crippen MR) is 111 cm³/mol. The number of anilines is 1. The number of nitrogens with zero attached hydrogens (tertiary/aromatic N) is 5. The first-order chi connectivity index (χ1) is 14.4. The summed E-state index contributed by atoms with van der Waals surface area (Å²) in [6.45, 7) is 2.12. The molecule has 2 aromatic heterocycles. The van der Waals surface area contributed by atoms with E-state index in [1.54, 1.807) is 43.0 Å². The Morgan fingerprint density at radius 2 is 1.77 bits per heavy atom. The number of imidazole rings is 1. The maximum atomic E-state index is 13.0. The molecule has 10 nitrogen and oxygen atoms in total. The predicted octanol–water partition coefficient (Wildman–Crippen LogP) is 0.162. The molecule has 0 saturated carbocycles.